The van der Waals surface area contributed by atoms with Crippen molar-refractivity contribution >= 4 is 56.5 Å². The average Bonchev–Trinajstić information content (AvgIpc) is 3.28. The van der Waals surface area contributed by atoms with Crippen molar-refractivity contribution in [2.24, 2.45) is 23.7 Å². The number of carbonyl (C=O) groups excluding carboxylic acids is 1. The summed E-state index contributed by atoms with van der Waals surface area (Å²) in [5, 5.41) is 12.9. The molecule has 2 aromatic carbocycles. The summed E-state index contributed by atoms with van der Waals surface area (Å²) in [7, 11) is -3.89. The number of rotatable bonds is 6. The van der Waals surface area contributed by atoms with Crippen LogP contribution in [0.1, 0.15) is 19.3 Å². The highest BCUT2D eigenvalue weighted by molar-refractivity contribution is 7.92. The number of carboxylic acid groups (broad SMARTS) is 1. The summed E-state index contributed by atoms with van der Waals surface area (Å²) in [4.78, 5) is 24.4. The Labute approximate surface area is 189 Å². The fourth-order valence-electron chi connectivity index (χ4n) is 4.79. The van der Waals surface area contributed by atoms with Gasteiger partial charge in [0.2, 0.25) is 5.91 Å². The van der Waals surface area contributed by atoms with Gasteiger partial charge >= 0.3 is 5.97 Å². The number of carbonyl (C=O) groups is 2. The minimum absolute atomic E-state index is 0.00932. The van der Waals surface area contributed by atoms with Crippen LogP contribution in [0.4, 0.5) is 11.4 Å². The molecule has 2 saturated carbocycles. The van der Waals surface area contributed by atoms with Crippen molar-refractivity contribution in [3.63, 3.8) is 0 Å². The second kappa shape index (κ2) is 8.33. The third-order valence-corrected chi connectivity index (χ3v) is 7.88. The molecule has 4 atom stereocenters. The number of hydrogen-bond donors (Lipinski definition) is 3. The summed E-state index contributed by atoms with van der Waals surface area (Å²) in [5.41, 5.74) is 0.632. The first kappa shape index (κ1) is 21.9. The molecule has 31 heavy (non-hydrogen) atoms. The molecule has 0 aromatic heterocycles. The van der Waals surface area contributed by atoms with Gasteiger partial charge in [-0.05, 0) is 73.6 Å². The lowest BCUT2D eigenvalue weighted by Crippen LogP contribution is -2.37. The van der Waals surface area contributed by atoms with Gasteiger partial charge in [-0.3, -0.25) is 14.3 Å². The summed E-state index contributed by atoms with van der Waals surface area (Å²) in [6.07, 6.45) is 2.48. The van der Waals surface area contributed by atoms with Crippen LogP contribution in [0.3, 0.4) is 0 Å². The van der Waals surface area contributed by atoms with Crippen LogP contribution in [0.5, 0.6) is 0 Å². The molecule has 1 amide bonds. The van der Waals surface area contributed by atoms with Crippen molar-refractivity contribution in [3.8, 4) is 0 Å². The van der Waals surface area contributed by atoms with Crippen molar-refractivity contribution < 1.29 is 23.1 Å². The Bertz CT molecular complexity index is 1120. The standard InChI is InChI=1S/C21H20Cl2N2O5S/c22-13-8-14(23)10-16(9-13)25-31(29,30)17-5-3-15(4-6-17)24-20(26)18-11-1-2-12(7-11)19(18)21(27)28/h3-6,8-12,18-19,25H,1-2,7H2,(H,24,26)(H,27,28)/t11-,12+,18+,19+/m1/s1. The van der Waals surface area contributed by atoms with Crippen molar-refractivity contribution in [1.82, 2.24) is 0 Å². The van der Waals surface area contributed by atoms with E-state index in [1.165, 1.54) is 42.5 Å². The average molecular weight is 483 g/mol. The number of sulfonamides is 1. The highest BCUT2D eigenvalue weighted by Crippen LogP contribution is 2.52. The monoisotopic (exact) mass is 482 g/mol. The lowest BCUT2D eigenvalue weighted by Gasteiger charge is -2.27. The molecule has 2 aliphatic rings. The van der Waals surface area contributed by atoms with E-state index in [4.69, 9.17) is 23.2 Å². The smallest absolute Gasteiger partial charge is 0.307 e. The van der Waals surface area contributed by atoms with Gasteiger partial charge in [0.15, 0.2) is 0 Å². The molecule has 2 fully saturated rings. The van der Waals surface area contributed by atoms with Crippen LogP contribution in [0.15, 0.2) is 47.4 Å². The number of hydrogen-bond acceptors (Lipinski definition) is 4. The minimum atomic E-state index is -3.89. The van der Waals surface area contributed by atoms with Gasteiger partial charge in [-0.25, -0.2) is 8.42 Å². The van der Waals surface area contributed by atoms with Crippen LogP contribution >= 0.6 is 23.2 Å². The highest BCUT2D eigenvalue weighted by Gasteiger charge is 2.53. The molecule has 0 unspecified atom stereocenters. The van der Waals surface area contributed by atoms with E-state index in [0.29, 0.717) is 15.7 Å². The maximum Gasteiger partial charge on any atom is 0.307 e. The molecule has 0 aliphatic heterocycles. The first-order chi connectivity index (χ1) is 14.6. The normalized spacial score (nSPS) is 24.7. The minimum Gasteiger partial charge on any atom is -0.481 e. The molecule has 10 heteroatoms. The third-order valence-electron chi connectivity index (χ3n) is 6.05. The van der Waals surface area contributed by atoms with Crippen molar-refractivity contribution in [2.75, 3.05) is 10.0 Å². The molecule has 2 aromatic rings. The Balaban J connectivity index is 1.46. The van der Waals surface area contributed by atoms with Crippen LogP contribution in [0.25, 0.3) is 0 Å². The van der Waals surface area contributed by atoms with E-state index >= 15 is 0 Å². The predicted molar refractivity (Wildman–Crippen MR) is 118 cm³/mol. The number of benzene rings is 2. The Hall–Kier alpha value is -2.29. The van der Waals surface area contributed by atoms with Crippen molar-refractivity contribution in [1.29, 1.82) is 0 Å². The van der Waals surface area contributed by atoms with E-state index in [-0.39, 0.29) is 28.3 Å². The van der Waals surface area contributed by atoms with E-state index in [1.807, 2.05) is 0 Å². The number of amides is 1. The van der Waals surface area contributed by atoms with Gasteiger partial charge in [-0.2, -0.15) is 0 Å². The molecule has 4 rings (SSSR count). The van der Waals surface area contributed by atoms with E-state index in [9.17, 15) is 23.1 Å². The van der Waals surface area contributed by atoms with Gasteiger partial charge in [0.1, 0.15) is 0 Å². The fourth-order valence-corrected chi connectivity index (χ4v) is 6.36. The van der Waals surface area contributed by atoms with Crippen LogP contribution in [0, 0.1) is 23.7 Å². The summed E-state index contributed by atoms with van der Waals surface area (Å²) in [6, 6.07) is 10.0. The second-order valence-electron chi connectivity index (χ2n) is 8.00. The summed E-state index contributed by atoms with van der Waals surface area (Å²) < 4.78 is 27.7. The van der Waals surface area contributed by atoms with Gasteiger partial charge < -0.3 is 10.4 Å². The van der Waals surface area contributed by atoms with E-state index < -0.39 is 27.8 Å². The summed E-state index contributed by atoms with van der Waals surface area (Å²) in [5.74, 6) is -2.35. The third kappa shape index (κ3) is 4.51. The number of halogens is 2. The van der Waals surface area contributed by atoms with Gasteiger partial charge in [0.05, 0.1) is 22.4 Å². The molecule has 7 nitrogen and oxygen atoms in total. The number of anilines is 2. The largest absolute Gasteiger partial charge is 0.481 e. The van der Waals surface area contributed by atoms with E-state index in [1.54, 1.807) is 0 Å². The molecule has 2 bridgehead atoms. The van der Waals surface area contributed by atoms with Crippen LogP contribution in [-0.4, -0.2) is 25.4 Å². The molecule has 0 spiro atoms. The molecule has 164 valence electrons. The number of nitrogens with one attached hydrogen (secondary N) is 2. The molecule has 0 saturated heterocycles. The second-order valence-corrected chi connectivity index (χ2v) is 10.6. The quantitative estimate of drug-likeness (QED) is 0.561. The maximum absolute atomic E-state index is 12.8. The van der Waals surface area contributed by atoms with Gasteiger partial charge in [-0.15, -0.1) is 0 Å². The first-order valence-electron chi connectivity index (χ1n) is 9.77. The van der Waals surface area contributed by atoms with Crippen molar-refractivity contribution in [3.05, 3.63) is 52.5 Å². The zero-order valence-corrected chi connectivity index (χ0v) is 18.5. The Kier molecular flexibility index (Phi) is 5.89. The molecule has 0 heterocycles. The Morgan fingerprint density at radius 1 is 0.903 bits per heavy atom. The van der Waals surface area contributed by atoms with Crippen LogP contribution in [-0.2, 0) is 19.6 Å². The van der Waals surface area contributed by atoms with E-state index in [0.717, 1.165) is 19.3 Å². The summed E-state index contributed by atoms with van der Waals surface area (Å²) >= 11 is 11.8. The fraction of sp³-hybridized carbons (Fsp3) is 0.333. The SMILES string of the molecule is O=C(O)[C@H]1[C@H]2CC[C@H](C2)[C@@H]1C(=O)Nc1ccc(S(=O)(=O)Nc2cc(Cl)cc(Cl)c2)cc1. The molecular weight excluding hydrogens is 463 g/mol. The van der Waals surface area contributed by atoms with Gasteiger partial charge in [0, 0.05) is 15.7 Å². The van der Waals surface area contributed by atoms with E-state index in [2.05, 4.69) is 10.0 Å². The lowest BCUT2D eigenvalue weighted by atomic mass is 9.78. The van der Waals surface area contributed by atoms with Gasteiger partial charge in [0.25, 0.3) is 10.0 Å². The first-order valence-corrected chi connectivity index (χ1v) is 12.0. The number of carboxylic acids is 1. The zero-order chi connectivity index (χ0) is 22.3. The zero-order valence-electron chi connectivity index (χ0n) is 16.2. The van der Waals surface area contributed by atoms with Crippen LogP contribution in [0.2, 0.25) is 10.0 Å². The topological polar surface area (TPSA) is 113 Å². The predicted octanol–water partition coefficient (Wildman–Crippen LogP) is 4.48. The highest BCUT2D eigenvalue weighted by atomic mass is 35.5. The Morgan fingerprint density at radius 2 is 1.48 bits per heavy atom. The molecule has 2 aliphatic carbocycles. The molecule has 0 radical (unpaired) electrons. The number of aliphatic carboxylic acids is 1. The van der Waals surface area contributed by atoms with Gasteiger partial charge in [-0.1, -0.05) is 23.2 Å². The lowest BCUT2D eigenvalue weighted by molar-refractivity contribution is -0.148. The molecule has 3 N–H and O–H groups in total. The molecular formula is C21H20Cl2N2O5S. The maximum atomic E-state index is 12.8. The number of fused-ring (bicyclic) bond motifs is 2. The summed E-state index contributed by atoms with van der Waals surface area (Å²) in [6.45, 7) is 0. The van der Waals surface area contributed by atoms with Crippen molar-refractivity contribution in [2.45, 2.75) is 24.2 Å². The van der Waals surface area contributed by atoms with Crippen LogP contribution < -0.4 is 10.0 Å². The Morgan fingerprint density at radius 3 is 2.06 bits per heavy atom.